The van der Waals surface area contributed by atoms with Crippen LogP contribution in [0.25, 0.3) is 0 Å². The highest BCUT2D eigenvalue weighted by atomic mass is 79.9. The predicted molar refractivity (Wildman–Crippen MR) is 134 cm³/mol. The van der Waals surface area contributed by atoms with Crippen molar-refractivity contribution in [1.29, 1.82) is 0 Å². The van der Waals surface area contributed by atoms with Crippen molar-refractivity contribution in [1.82, 2.24) is 9.88 Å². The fraction of sp³-hybridized carbons (Fsp3) is 0.333. The number of benzene rings is 2. The molecule has 1 amide bonds. The van der Waals surface area contributed by atoms with E-state index in [1.165, 1.54) is 19.5 Å². The van der Waals surface area contributed by atoms with Gasteiger partial charge in [-0.25, -0.2) is 0 Å². The monoisotopic (exact) mass is 592 g/mol. The first kappa shape index (κ1) is 26.5. The summed E-state index contributed by atoms with van der Waals surface area (Å²) in [5, 5.41) is 24.5. The molecule has 3 aromatic rings. The van der Waals surface area contributed by atoms with Gasteiger partial charge in [0.2, 0.25) is 5.91 Å². The maximum Gasteiger partial charge on any atom is 0.406 e. The molecule has 1 fully saturated rings. The standard InChI is InChI=1S/C27H24BrF3N2O5/c1-33(14-25(29,30)31)24(35)20-21(15-6-4-3-5-7-15)27(16-8-10-17(28)11-9-16)26(36,23(20)34)22-18(37-2)12-32-13-19(22)38-27/h3-13,20-21,23,34,36H,14H2,1-2H3. The first-order valence-corrected chi connectivity index (χ1v) is 12.5. The van der Waals surface area contributed by atoms with E-state index in [4.69, 9.17) is 9.47 Å². The number of pyridine rings is 1. The predicted octanol–water partition coefficient (Wildman–Crippen LogP) is 4.12. The minimum Gasteiger partial charge on any atom is -0.495 e. The lowest BCUT2D eigenvalue weighted by atomic mass is 9.70. The van der Waals surface area contributed by atoms with Crippen molar-refractivity contribution < 1.29 is 37.7 Å². The molecule has 5 unspecified atom stereocenters. The van der Waals surface area contributed by atoms with Crippen LogP contribution in [0.5, 0.6) is 11.5 Å². The topological polar surface area (TPSA) is 92.1 Å². The molecule has 2 aliphatic rings. The first-order valence-electron chi connectivity index (χ1n) is 11.7. The molecule has 200 valence electrons. The minimum atomic E-state index is -4.66. The normalized spacial score (nSPS) is 27.8. The van der Waals surface area contributed by atoms with Gasteiger partial charge in [-0.15, -0.1) is 0 Å². The van der Waals surface area contributed by atoms with Gasteiger partial charge in [0.05, 0.1) is 31.0 Å². The number of aliphatic hydroxyl groups excluding tert-OH is 1. The maximum atomic E-state index is 13.7. The van der Waals surface area contributed by atoms with Crippen molar-refractivity contribution in [2.45, 2.75) is 29.4 Å². The highest BCUT2D eigenvalue weighted by molar-refractivity contribution is 9.10. The van der Waals surface area contributed by atoms with E-state index in [0.29, 0.717) is 16.0 Å². The van der Waals surface area contributed by atoms with Crippen molar-refractivity contribution >= 4 is 21.8 Å². The molecule has 0 bridgehead atoms. The Kier molecular flexibility index (Phi) is 6.44. The number of methoxy groups -OCH3 is 1. The van der Waals surface area contributed by atoms with Crippen LogP contribution in [-0.2, 0) is 16.0 Å². The van der Waals surface area contributed by atoms with E-state index in [0.717, 1.165) is 11.5 Å². The van der Waals surface area contributed by atoms with Crippen LogP contribution in [-0.4, -0.2) is 59.0 Å². The van der Waals surface area contributed by atoms with Gasteiger partial charge in [0.25, 0.3) is 0 Å². The van der Waals surface area contributed by atoms with Crippen LogP contribution >= 0.6 is 15.9 Å². The molecule has 7 nitrogen and oxygen atoms in total. The summed E-state index contributed by atoms with van der Waals surface area (Å²) >= 11 is 3.39. The lowest BCUT2D eigenvalue weighted by Gasteiger charge is -2.41. The Balaban J connectivity index is 1.82. The summed E-state index contributed by atoms with van der Waals surface area (Å²) in [5.41, 5.74) is -3.16. The lowest BCUT2D eigenvalue weighted by molar-refractivity contribution is -0.167. The third-order valence-electron chi connectivity index (χ3n) is 7.39. The number of hydrogen-bond acceptors (Lipinski definition) is 6. The number of halogens is 4. The number of fused-ring (bicyclic) bond motifs is 3. The van der Waals surface area contributed by atoms with Crippen LogP contribution in [0.1, 0.15) is 22.6 Å². The molecule has 1 saturated carbocycles. The zero-order valence-electron chi connectivity index (χ0n) is 20.3. The summed E-state index contributed by atoms with van der Waals surface area (Å²) in [5.74, 6) is -3.37. The van der Waals surface area contributed by atoms with Crippen molar-refractivity contribution in [3.05, 3.63) is 88.2 Å². The number of carbonyl (C=O) groups is 1. The molecule has 1 aliphatic heterocycles. The SMILES string of the molecule is COc1cncc2c1C1(O)C(O)C(C(=O)N(C)CC(F)(F)F)C(c3ccccc3)C1(c1ccc(Br)cc1)O2. The highest BCUT2D eigenvalue weighted by Gasteiger charge is 2.78. The zero-order valence-corrected chi connectivity index (χ0v) is 21.9. The minimum absolute atomic E-state index is 0.0696. The Morgan fingerprint density at radius 2 is 1.82 bits per heavy atom. The average molecular weight is 593 g/mol. The maximum absolute atomic E-state index is 13.7. The van der Waals surface area contributed by atoms with E-state index >= 15 is 0 Å². The molecular formula is C27H24BrF3N2O5. The molecule has 5 atom stereocenters. The second kappa shape index (κ2) is 9.25. The summed E-state index contributed by atoms with van der Waals surface area (Å²) < 4.78 is 52.6. The molecule has 5 rings (SSSR count). The lowest BCUT2D eigenvalue weighted by Crippen LogP contribution is -2.52. The quantitative estimate of drug-likeness (QED) is 0.463. The number of carbonyl (C=O) groups excluding carboxylic acids is 1. The van der Waals surface area contributed by atoms with Crippen LogP contribution in [0, 0.1) is 5.92 Å². The molecule has 0 spiro atoms. The van der Waals surface area contributed by atoms with E-state index in [1.807, 2.05) is 0 Å². The molecule has 38 heavy (non-hydrogen) atoms. The molecule has 11 heteroatoms. The van der Waals surface area contributed by atoms with Gasteiger partial charge in [0.1, 0.15) is 24.1 Å². The average Bonchev–Trinajstić information content (AvgIpc) is 3.26. The van der Waals surface area contributed by atoms with E-state index in [2.05, 4.69) is 20.9 Å². The number of amides is 1. The van der Waals surface area contributed by atoms with Gasteiger partial charge >= 0.3 is 6.18 Å². The van der Waals surface area contributed by atoms with Gasteiger partial charge in [-0.1, -0.05) is 58.4 Å². The van der Waals surface area contributed by atoms with E-state index in [-0.39, 0.29) is 17.1 Å². The van der Waals surface area contributed by atoms with Crippen molar-refractivity contribution in [3.8, 4) is 11.5 Å². The number of alkyl halides is 3. The fourth-order valence-electron chi connectivity index (χ4n) is 5.97. The van der Waals surface area contributed by atoms with Gasteiger partial charge in [-0.05, 0) is 23.3 Å². The number of aliphatic hydroxyl groups is 2. The summed E-state index contributed by atoms with van der Waals surface area (Å²) in [6.45, 7) is -1.52. The van der Waals surface area contributed by atoms with Gasteiger partial charge in [0.15, 0.2) is 11.2 Å². The number of rotatable bonds is 5. The molecule has 0 radical (unpaired) electrons. The van der Waals surface area contributed by atoms with Crippen LogP contribution in [0.2, 0.25) is 0 Å². The van der Waals surface area contributed by atoms with Crippen LogP contribution in [0.15, 0.2) is 71.5 Å². The Bertz CT molecular complexity index is 1360. The third-order valence-corrected chi connectivity index (χ3v) is 7.92. The zero-order chi connectivity index (χ0) is 27.5. The smallest absolute Gasteiger partial charge is 0.406 e. The molecular weight excluding hydrogens is 569 g/mol. The Morgan fingerprint density at radius 1 is 1.16 bits per heavy atom. The second-order valence-corrected chi connectivity index (χ2v) is 10.4. The van der Waals surface area contributed by atoms with Gasteiger partial charge in [-0.2, -0.15) is 13.2 Å². The number of nitrogens with zero attached hydrogens (tertiary/aromatic N) is 2. The van der Waals surface area contributed by atoms with Crippen molar-refractivity contribution in [2.75, 3.05) is 20.7 Å². The second-order valence-electron chi connectivity index (χ2n) is 9.49. The van der Waals surface area contributed by atoms with E-state index < -0.39 is 47.8 Å². The summed E-state index contributed by atoms with van der Waals surface area (Å²) in [6, 6.07) is 15.3. The molecule has 0 saturated heterocycles. The number of aromatic nitrogens is 1. The van der Waals surface area contributed by atoms with Crippen molar-refractivity contribution in [2.24, 2.45) is 5.92 Å². The van der Waals surface area contributed by atoms with Gasteiger partial charge < -0.3 is 24.6 Å². The largest absolute Gasteiger partial charge is 0.495 e. The summed E-state index contributed by atoms with van der Waals surface area (Å²) in [4.78, 5) is 18.4. The van der Waals surface area contributed by atoms with Crippen LogP contribution in [0.3, 0.4) is 0 Å². The Labute approximate surface area is 225 Å². The van der Waals surface area contributed by atoms with Gasteiger partial charge in [0, 0.05) is 17.4 Å². The fourth-order valence-corrected chi connectivity index (χ4v) is 6.23. The first-order chi connectivity index (χ1) is 18.0. The summed E-state index contributed by atoms with van der Waals surface area (Å²) in [6.07, 6.45) is -3.83. The van der Waals surface area contributed by atoms with Crippen molar-refractivity contribution in [3.63, 3.8) is 0 Å². The molecule has 2 aromatic carbocycles. The van der Waals surface area contributed by atoms with E-state index in [9.17, 15) is 28.2 Å². The van der Waals surface area contributed by atoms with Crippen LogP contribution < -0.4 is 9.47 Å². The third kappa shape index (κ3) is 3.78. The molecule has 1 aliphatic carbocycles. The van der Waals surface area contributed by atoms with Crippen LogP contribution in [0.4, 0.5) is 13.2 Å². The highest BCUT2D eigenvalue weighted by Crippen LogP contribution is 2.69. The summed E-state index contributed by atoms with van der Waals surface area (Å²) in [7, 11) is 2.38. The Morgan fingerprint density at radius 3 is 2.42 bits per heavy atom. The molecule has 2 heterocycles. The number of hydrogen-bond donors (Lipinski definition) is 2. The number of ether oxygens (including phenoxy) is 2. The van der Waals surface area contributed by atoms with E-state index in [1.54, 1.807) is 54.6 Å². The molecule has 1 aromatic heterocycles. The Hall–Kier alpha value is -3.15. The van der Waals surface area contributed by atoms with Gasteiger partial charge in [-0.3, -0.25) is 9.78 Å². The molecule has 2 N–H and O–H groups in total.